The molecule has 2 heterocycles. The van der Waals surface area contributed by atoms with Gasteiger partial charge in [0.15, 0.2) is 6.61 Å². The van der Waals surface area contributed by atoms with Crippen molar-refractivity contribution in [2.45, 2.75) is 25.1 Å². The molecule has 1 amide bonds. The van der Waals surface area contributed by atoms with Gasteiger partial charge in [0.05, 0.1) is 11.1 Å². The van der Waals surface area contributed by atoms with Gasteiger partial charge < -0.3 is 19.9 Å². The summed E-state index contributed by atoms with van der Waals surface area (Å²) in [5, 5.41) is 3.50. The highest BCUT2D eigenvalue weighted by atomic mass is 19.4. The van der Waals surface area contributed by atoms with Gasteiger partial charge in [-0.2, -0.15) is 13.2 Å². The van der Waals surface area contributed by atoms with Gasteiger partial charge in [-0.15, -0.1) is 0 Å². The molecule has 1 aliphatic rings. The first-order valence-electron chi connectivity index (χ1n) is 11.0. The lowest BCUT2D eigenvalue weighted by molar-refractivity contribution is -0.137. The fraction of sp³-hybridized carbons (Fsp3) is 0.375. The molecule has 1 saturated heterocycles. The molecule has 0 aliphatic carbocycles. The number of alkyl halides is 3. The van der Waals surface area contributed by atoms with E-state index >= 15 is 0 Å². The van der Waals surface area contributed by atoms with E-state index in [9.17, 15) is 18.0 Å². The second-order valence-electron chi connectivity index (χ2n) is 8.48. The Kier molecular flexibility index (Phi) is 6.87. The molecule has 3 aromatic rings. The maximum atomic E-state index is 12.6. The first kappa shape index (κ1) is 23.7. The summed E-state index contributed by atoms with van der Waals surface area (Å²) in [4.78, 5) is 25.8. The van der Waals surface area contributed by atoms with Gasteiger partial charge in [-0.1, -0.05) is 0 Å². The van der Waals surface area contributed by atoms with Gasteiger partial charge in [0.25, 0.3) is 5.91 Å². The van der Waals surface area contributed by atoms with Crippen molar-refractivity contribution in [2.75, 3.05) is 44.0 Å². The highest BCUT2D eigenvalue weighted by Gasteiger charge is 2.30. The van der Waals surface area contributed by atoms with Crippen molar-refractivity contribution in [3.8, 4) is 5.75 Å². The Morgan fingerprint density at radius 3 is 2.50 bits per heavy atom. The number of amides is 1. The van der Waals surface area contributed by atoms with Crippen molar-refractivity contribution in [1.29, 1.82) is 0 Å². The molecule has 4 rings (SSSR count). The van der Waals surface area contributed by atoms with Gasteiger partial charge in [-0.05, 0) is 69.4 Å². The van der Waals surface area contributed by atoms with Gasteiger partial charge in [-0.3, -0.25) is 4.79 Å². The molecule has 34 heavy (non-hydrogen) atoms. The van der Waals surface area contributed by atoms with Gasteiger partial charge in [0, 0.05) is 36.4 Å². The van der Waals surface area contributed by atoms with Crippen LogP contribution in [-0.2, 0) is 11.0 Å². The number of nitrogens with one attached hydrogen (secondary N) is 1. The van der Waals surface area contributed by atoms with Crippen LogP contribution in [0.3, 0.4) is 0 Å². The number of halogens is 3. The van der Waals surface area contributed by atoms with E-state index in [1.807, 2.05) is 6.07 Å². The van der Waals surface area contributed by atoms with Crippen LogP contribution in [0.1, 0.15) is 18.4 Å². The molecule has 0 saturated carbocycles. The lowest BCUT2D eigenvalue weighted by atomic mass is 10.0. The molecule has 1 aromatic heterocycles. The van der Waals surface area contributed by atoms with Crippen molar-refractivity contribution < 1.29 is 22.7 Å². The number of benzene rings is 2. The molecular formula is C24H26F3N5O2. The van der Waals surface area contributed by atoms with Crippen LogP contribution in [0.25, 0.3) is 10.9 Å². The van der Waals surface area contributed by atoms with Crippen LogP contribution in [0.2, 0.25) is 0 Å². The van der Waals surface area contributed by atoms with E-state index in [0.717, 1.165) is 49.0 Å². The summed E-state index contributed by atoms with van der Waals surface area (Å²) in [5.74, 6) is 0.448. The third kappa shape index (κ3) is 5.74. The van der Waals surface area contributed by atoms with E-state index in [2.05, 4.69) is 39.2 Å². The molecule has 10 heteroatoms. The van der Waals surface area contributed by atoms with Crippen molar-refractivity contribution in [3.63, 3.8) is 0 Å². The molecule has 180 valence electrons. The van der Waals surface area contributed by atoms with Crippen LogP contribution >= 0.6 is 0 Å². The van der Waals surface area contributed by atoms with Crippen LogP contribution < -0.4 is 15.0 Å². The Morgan fingerprint density at radius 2 is 1.85 bits per heavy atom. The Morgan fingerprint density at radius 1 is 1.15 bits per heavy atom. The maximum absolute atomic E-state index is 12.6. The van der Waals surface area contributed by atoms with Crippen molar-refractivity contribution in [3.05, 3.63) is 54.2 Å². The summed E-state index contributed by atoms with van der Waals surface area (Å²) in [5.41, 5.74) is 0.555. The first-order chi connectivity index (χ1) is 16.2. The number of nitrogens with zero attached hydrogens (tertiary/aromatic N) is 4. The zero-order chi connectivity index (χ0) is 24.3. The molecule has 1 fully saturated rings. The minimum Gasteiger partial charge on any atom is -0.484 e. The fourth-order valence-electron chi connectivity index (χ4n) is 3.92. The summed E-state index contributed by atoms with van der Waals surface area (Å²) in [6, 6.07) is 10.1. The van der Waals surface area contributed by atoms with Crippen LogP contribution in [-0.4, -0.2) is 60.6 Å². The van der Waals surface area contributed by atoms with Crippen LogP contribution in [0.5, 0.6) is 5.75 Å². The fourth-order valence-corrected chi connectivity index (χ4v) is 3.92. The van der Waals surface area contributed by atoms with Crippen LogP contribution in [0.4, 0.5) is 24.8 Å². The second kappa shape index (κ2) is 9.84. The Balaban J connectivity index is 1.34. The average Bonchev–Trinajstić information content (AvgIpc) is 2.82. The molecule has 1 N–H and O–H groups in total. The van der Waals surface area contributed by atoms with Gasteiger partial charge in [0.2, 0.25) is 5.95 Å². The number of anilines is 2. The predicted molar refractivity (Wildman–Crippen MR) is 124 cm³/mol. The number of rotatable bonds is 6. The third-order valence-corrected chi connectivity index (χ3v) is 5.88. The van der Waals surface area contributed by atoms with E-state index in [-0.39, 0.29) is 12.4 Å². The smallest absolute Gasteiger partial charge is 0.416 e. The number of piperidine rings is 1. The Hall–Kier alpha value is -3.40. The lowest BCUT2D eigenvalue weighted by Gasteiger charge is -2.35. The highest BCUT2D eigenvalue weighted by Crippen LogP contribution is 2.30. The predicted octanol–water partition coefficient (Wildman–Crippen LogP) is 4.20. The monoisotopic (exact) mass is 473 g/mol. The molecule has 0 unspecified atom stereocenters. The third-order valence-electron chi connectivity index (χ3n) is 5.88. The number of hydrogen-bond acceptors (Lipinski definition) is 6. The summed E-state index contributed by atoms with van der Waals surface area (Å²) >= 11 is 0. The van der Waals surface area contributed by atoms with Gasteiger partial charge in [0.1, 0.15) is 5.75 Å². The maximum Gasteiger partial charge on any atom is 0.416 e. The van der Waals surface area contributed by atoms with Crippen LogP contribution in [0, 0.1) is 0 Å². The zero-order valence-corrected chi connectivity index (χ0v) is 19.0. The first-order valence-corrected chi connectivity index (χ1v) is 11.0. The standard InChI is InChI=1S/C24H26F3N5O2/c1-31(2)19-9-11-32(12-10-19)23-28-14-16-13-18(5-8-21(16)30-23)29-22(33)15-34-20-6-3-17(4-7-20)24(25,26)27/h3-8,13-14,19H,9-12,15H2,1-2H3,(H,29,33). The highest BCUT2D eigenvalue weighted by molar-refractivity contribution is 5.94. The van der Waals surface area contributed by atoms with Crippen molar-refractivity contribution >= 4 is 28.4 Å². The number of carbonyl (C=O) groups excluding carboxylic acids is 1. The normalized spacial score (nSPS) is 15.1. The van der Waals surface area contributed by atoms with Crippen LogP contribution in [0.15, 0.2) is 48.7 Å². The van der Waals surface area contributed by atoms with E-state index in [1.54, 1.807) is 18.3 Å². The Bertz CT molecular complexity index is 1140. The number of hydrogen-bond donors (Lipinski definition) is 1. The van der Waals surface area contributed by atoms with Crippen molar-refractivity contribution in [1.82, 2.24) is 14.9 Å². The van der Waals surface area contributed by atoms with Crippen molar-refractivity contribution in [2.24, 2.45) is 0 Å². The number of aromatic nitrogens is 2. The largest absolute Gasteiger partial charge is 0.484 e. The van der Waals surface area contributed by atoms with E-state index in [0.29, 0.717) is 17.7 Å². The quantitative estimate of drug-likeness (QED) is 0.579. The molecule has 0 spiro atoms. The molecule has 0 atom stereocenters. The summed E-state index contributed by atoms with van der Waals surface area (Å²) in [7, 11) is 4.20. The number of ether oxygens (including phenoxy) is 1. The number of fused-ring (bicyclic) bond motifs is 1. The average molecular weight is 473 g/mol. The zero-order valence-electron chi connectivity index (χ0n) is 19.0. The lowest BCUT2D eigenvalue weighted by Crippen LogP contribution is -2.42. The minimum absolute atomic E-state index is 0.178. The minimum atomic E-state index is -4.42. The Labute approximate surface area is 195 Å². The summed E-state index contributed by atoms with van der Waals surface area (Å²) < 4.78 is 43.2. The molecule has 1 aliphatic heterocycles. The SMILES string of the molecule is CN(C)C1CCN(c2ncc3cc(NC(=O)COc4ccc(C(F)(F)F)cc4)ccc3n2)CC1. The molecule has 0 radical (unpaired) electrons. The summed E-state index contributed by atoms with van der Waals surface area (Å²) in [6.07, 6.45) is -0.550. The molecule has 0 bridgehead atoms. The second-order valence-corrected chi connectivity index (χ2v) is 8.48. The van der Waals surface area contributed by atoms with Gasteiger partial charge in [-0.25, -0.2) is 9.97 Å². The molecule has 2 aromatic carbocycles. The molecule has 7 nitrogen and oxygen atoms in total. The van der Waals surface area contributed by atoms with E-state index in [4.69, 9.17) is 4.74 Å². The molecular weight excluding hydrogens is 447 g/mol. The summed E-state index contributed by atoms with van der Waals surface area (Å²) in [6.45, 7) is 1.48. The van der Waals surface area contributed by atoms with Gasteiger partial charge >= 0.3 is 6.18 Å². The van der Waals surface area contributed by atoms with E-state index in [1.165, 1.54) is 12.1 Å². The number of carbonyl (C=O) groups is 1. The van der Waals surface area contributed by atoms with E-state index < -0.39 is 17.6 Å². The topological polar surface area (TPSA) is 70.6 Å².